The Morgan fingerprint density at radius 2 is 2.17 bits per heavy atom. The fourth-order valence-electron chi connectivity index (χ4n) is 3.03. The van der Waals surface area contributed by atoms with Crippen molar-refractivity contribution >= 4 is 16.9 Å². The van der Waals surface area contributed by atoms with Crippen molar-refractivity contribution in [3.63, 3.8) is 0 Å². The number of rotatable bonds is 6. The molecule has 0 radical (unpaired) electrons. The molecule has 1 fully saturated rings. The Morgan fingerprint density at radius 1 is 1.38 bits per heavy atom. The van der Waals surface area contributed by atoms with Gasteiger partial charge in [-0.1, -0.05) is 25.3 Å². The molecule has 0 unspecified atom stereocenters. The molecule has 0 spiro atoms. The number of H-pyrrole nitrogens is 1. The van der Waals surface area contributed by atoms with Gasteiger partial charge in [-0.05, 0) is 30.0 Å². The maximum absolute atomic E-state index is 12.3. The molecule has 24 heavy (non-hydrogen) atoms. The number of nitrogens with zero attached hydrogens (tertiary/aromatic N) is 1. The number of hydrogen-bond acceptors (Lipinski definition) is 2. The Balaban J connectivity index is 1.71. The molecule has 1 heterocycles. The van der Waals surface area contributed by atoms with Gasteiger partial charge in [-0.15, -0.1) is 0 Å². The third-order valence-electron chi connectivity index (χ3n) is 4.61. The summed E-state index contributed by atoms with van der Waals surface area (Å²) in [5.74, 6) is -0.0308. The summed E-state index contributed by atoms with van der Waals surface area (Å²) in [5, 5.41) is 2.79. The van der Waals surface area contributed by atoms with Crippen LogP contribution in [0.25, 0.3) is 11.0 Å². The van der Waals surface area contributed by atoms with Crippen LogP contribution in [0.4, 0.5) is 13.2 Å². The van der Waals surface area contributed by atoms with E-state index in [1.165, 1.54) is 6.42 Å². The largest absolute Gasteiger partial charge is 0.389 e. The third kappa shape index (κ3) is 4.27. The van der Waals surface area contributed by atoms with Crippen molar-refractivity contribution in [1.82, 2.24) is 15.3 Å². The van der Waals surface area contributed by atoms with E-state index in [2.05, 4.69) is 15.3 Å². The normalized spacial score (nSPS) is 16.8. The Kier molecular flexibility index (Phi) is 4.78. The zero-order valence-corrected chi connectivity index (χ0v) is 13.2. The summed E-state index contributed by atoms with van der Waals surface area (Å²) in [6.45, 7) is 0. The fourth-order valence-corrected chi connectivity index (χ4v) is 3.03. The average Bonchev–Trinajstić information content (AvgIpc) is 2.94. The van der Waals surface area contributed by atoms with Crippen molar-refractivity contribution in [2.75, 3.05) is 0 Å². The monoisotopic (exact) mass is 339 g/mol. The molecule has 0 saturated heterocycles. The molecule has 1 atom stereocenters. The highest BCUT2D eigenvalue weighted by atomic mass is 19.4. The van der Waals surface area contributed by atoms with Gasteiger partial charge in [0.05, 0.1) is 29.8 Å². The van der Waals surface area contributed by atoms with Gasteiger partial charge in [0.15, 0.2) is 0 Å². The van der Waals surface area contributed by atoms with Crippen molar-refractivity contribution in [1.29, 1.82) is 0 Å². The van der Waals surface area contributed by atoms with E-state index in [0.717, 1.165) is 35.9 Å². The number of amides is 1. The molecule has 7 heteroatoms. The van der Waals surface area contributed by atoms with Gasteiger partial charge in [-0.3, -0.25) is 4.79 Å². The first-order chi connectivity index (χ1) is 11.4. The molecular weight excluding hydrogens is 319 g/mol. The van der Waals surface area contributed by atoms with Crippen LogP contribution < -0.4 is 5.32 Å². The first-order valence-electron chi connectivity index (χ1n) is 8.20. The van der Waals surface area contributed by atoms with Crippen LogP contribution in [0, 0.1) is 5.92 Å². The maximum atomic E-state index is 12.3. The first kappa shape index (κ1) is 16.8. The second-order valence-electron chi connectivity index (χ2n) is 6.45. The van der Waals surface area contributed by atoms with Crippen molar-refractivity contribution in [3.8, 4) is 0 Å². The van der Waals surface area contributed by atoms with Gasteiger partial charge in [0, 0.05) is 6.42 Å². The lowest BCUT2D eigenvalue weighted by Crippen LogP contribution is -2.32. The summed E-state index contributed by atoms with van der Waals surface area (Å²) < 4.78 is 36.9. The molecule has 0 bridgehead atoms. The molecule has 2 aromatic rings. The van der Waals surface area contributed by atoms with Crippen LogP contribution in [-0.2, 0) is 4.79 Å². The SMILES string of the molecule is O=C(CCC(F)(F)F)N[C@H](CC1CCC1)c1ccc2nc[nH]c2c1. The summed E-state index contributed by atoms with van der Waals surface area (Å²) in [7, 11) is 0. The molecule has 4 nitrogen and oxygen atoms in total. The van der Waals surface area contributed by atoms with Crippen molar-refractivity contribution in [2.45, 2.75) is 50.7 Å². The van der Waals surface area contributed by atoms with Crippen LogP contribution in [0.15, 0.2) is 24.5 Å². The number of imidazole rings is 1. The van der Waals surface area contributed by atoms with E-state index in [1.54, 1.807) is 6.33 Å². The summed E-state index contributed by atoms with van der Waals surface area (Å²) in [4.78, 5) is 19.1. The van der Waals surface area contributed by atoms with Gasteiger partial charge < -0.3 is 10.3 Å². The molecular formula is C17H20F3N3O. The van der Waals surface area contributed by atoms with Crippen LogP contribution >= 0.6 is 0 Å². The number of halogens is 3. The standard InChI is InChI=1S/C17H20F3N3O/c18-17(19,20)7-6-16(24)23-14(8-11-2-1-3-11)12-4-5-13-15(9-12)22-10-21-13/h4-5,9-11,14H,1-3,6-8H2,(H,21,22)(H,23,24)/t14-/m1/s1. The number of carbonyl (C=O) groups excluding carboxylic acids is 1. The molecule has 0 aliphatic heterocycles. The Bertz CT molecular complexity index is 706. The van der Waals surface area contributed by atoms with E-state index in [1.807, 2.05) is 18.2 Å². The van der Waals surface area contributed by atoms with Crippen LogP contribution in [0.2, 0.25) is 0 Å². The number of aromatic amines is 1. The maximum Gasteiger partial charge on any atom is 0.389 e. The second kappa shape index (κ2) is 6.83. The van der Waals surface area contributed by atoms with E-state index in [4.69, 9.17) is 0 Å². The predicted molar refractivity (Wildman–Crippen MR) is 84.2 cm³/mol. The van der Waals surface area contributed by atoms with E-state index < -0.39 is 24.9 Å². The number of carbonyl (C=O) groups is 1. The molecule has 1 aliphatic carbocycles. The Labute approximate surface area is 137 Å². The Morgan fingerprint density at radius 3 is 2.83 bits per heavy atom. The Hall–Kier alpha value is -2.05. The number of benzene rings is 1. The number of fused-ring (bicyclic) bond motifs is 1. The van der Waals surface area contributed by atoms with Crippen LogP contribution in [0.5, 0.6) is 0 Å². The molecule has 1 amide bonds. The number of nitrogens with one attached hydrogen (secondary N) is 2. The highest BCUT2D eigenvalue weighted by Crippen LogP contribution is 2.35. The molecule has 1 saturated carbocycles. The van der Waals surface area contributed by atoms with E-state index in [9.17, 15) is 18.0 Å². The van der Waals surface area contributed by atoms with Gasteiger partial charge in [0.2, 0.25) is 5.91 Å². The molecule has 130 valence electrons. The number of aromatic nitrogens is 2. The minimum Gasteiger partial charge on any atom is -0.349 e. The summed E-state index contributed by atoms with van der Waals surface area (Å²) in [6, 6.07) is 5.40. The van der Waals surface area contributed by atoms with E-state index >= 15 is 0 Å². The fraction of sp³-hybridized carbons (Fsp3) is 0.529. The number of hydrogen-bond donors (Lipinski definition) is 2. The first-order valence-corrected chi connectivity index (χ1v) is 8.20. The minimum absolute atomic E-state index is 0.260. The highest BCUT2D eigenvalue weighted by Gasteiger charge is 2.29. The van der Waals surface area contributed by atoms with Gasteiger partial charge in [-0.2, -0.15) is 13.2 Å². The van der Waals surface area contributed by atoms with Crippen LogP contribution in [0.1, 0.15) is 50.1 Å². The van der Waals surface area contributed by atoms with Crippen LogP contribution in [-0.4, -0.2) is 22.1 Å². The van der Waals surface area contributed by atoms with Gasteiger partial charge >= 0.3 is 6.18 Å². The predicted octanol–water partition coefficient (Wildman–Crippen LogP) is 4.25. The van der Waals surface area contributed by atoms with E-state index in [-0.39, 0.29) is 6.04 Å². The molecule has 1 aromatic carbocycles. The van der Waals surface area contributed by atoms with Gasteiger partial charge in [-0.25, -0.2) is 4.98 Å². The zero-order valence-electron chi connectivity index (χ0n) is 13.2. The van der Waals surface area contributed by atoms with Gasteiger partial charge in [0.25, 0.3) is 0 Å². The molecule has 2 N–H and O–H groups in total. The quantitative estimate of drug-likeness (QED) is 0.826. The van der Waals surface area contributed by atoms with Crippen molar-refractivity contribution in [3.05, 3.63) is 30.1 Å². The lowest BCUT2D eigenvalue weighted by molar-refractivity contribution is -0.144. The number of alkyl halides is 3. The summed E-state index contributed by atoms with van der Waals surface area (Å²) in [6.07, 6.45) is -0.169. The molecule has 3 rings (SSSR count). The van der Waals surface area contributed by atoms with E-state index in [0.29, 0.717) is 5.92 Å². The van der Waals surface area contributed by atoms with Crippen molar-refractivity contribution < 1.29 is 18.0 Å². The average molecular weight is 339 g/mol. The molecule has 1 aromatic heterocycles. The smallest absolute Gasteiger partial charge is 0.349 e. The lowest BCUT2D eigenvalue weighted by Gasteiger charge is -2.30. The minimum atomic E-state index is -4.31. The lowest BCUT2D eigenvalue weighted by atomic mass is 9.79. The zero-order chi connectivity index (χ0) is 17.2. The third-order valence-corrected chi connectivity index (χ3v) is 4.61. The highest BCUT2D eigenvalue weighted by molar-refractivity contribution is 5.78. The van der Waals surface area contributed by atoms with Crippen LogP contribution in [0.3, 0.4) is 0 Å². The molecule has 1 aliphatic rings. The van der Waals surface area contributed by atoms with Crippen molar-refractivity contribution in [2.24, 2.45) is 5.92 Å². The topological polar surface area (TPSA) is 57.8 Å². The van der Waals surface area contributed by atoms with Gasteiger partial charge in [0.1, 0.15) is 0 Å². The summed E-state index contributed by atoms with van der Waals surface area (Å²) >= 11 is 0. The summed E-state index contributed by atoms with van der Waals surface area (Å²) in [5.41, 5.74) is 2.58. The second-order valence-corrected chi connectivity index (χ2v) is 6.45.